The van der Waals surface area contributed by atoms with Gasteiger partial charge in [0.15, 0.2) is 9.84 Å². The highest BCUT2D eigenvalue weighted by atomic mass is 32.2. The average Bonchev–Trinajstić information content (AvgIpc) is 2.44. The summed E-state index contributed by atoms with van der Waals surface area (Å²) in [7, 11) is -3.30. The molecule has 128 valence electrons. The van der Waals surface area contributed by atoms with Crippen LogP contribution in [0.25, 0.3) is 0 Å². The predicted octanol–water partition coefficient (Wildman–Crippen LogP) is 1.26. The van der Waals surface area contributed by atoms with Crippen LogP contribution in [0.4, 0.5) is 0 Å². The van der Waals surface area contributed by atoms with Crippen LogP contribution in [0.2, 0.25) is 0 Å². The summed E-state index contributed by atoms with van der Waals surface area (Å²) in [6.07, 6.45) is -0.0751. The Morgan fingerprint density at radius 3 is 2.30 bits per heavy atom. The summed E-state index contributed by atoms with van der Waals surface area (Å²) in [6.45, 7) is 3.58. The Morgan fingerprint density at radius 1 is 1.17 bits per heavy atom. The van der Waals surface area contributed by atoms with E-state index in [1.54, 1.807) is 38.1 Å². The Morgan fingerprint density at radius 2 is 1.78 bits per heavy atom. The fourth-order valence-corrected chi connectivity index (χ4v) is 3.83. The number of benzene rings is 1. The Kier molecular flexibility index (Phi) is 7.22. The Hall–Kier alpha value is -1.89. The molecular formula is C16H23NO5S. The smallest absolute Gasteiger partial charge is 0.326 e. The van der Waals surface area contributed by atoms with Crippen LogP contribution < -0.4 is 5.32 Å². The number of carboxylic acid groups (broad SMARTS) is 1. The van der Waals surface area contributed by atoms with E-state index in [1.165, 1.54) is 0 Å². The number of hydrogen-bond acceptors (Lipinski definition) is 4. The molecule has 0 bridgehead atoms. The van der Waals surface area contributed by atoms with Crippen LogP contribution in [0, 0.1) is 5.92 Å². The number of aliphatic carboxylic acids is 1. The molecule has 0 saturated carbocycles. The van der Waals surface area contributed by atoms with E-state index in [1.807, 2.05) is 6.07 Å². The molecule has 0 radical (unpaired) electrons. The van der Waals surface area contributed by atoms with Gasteiger partial charge in [0, 0.05) is 12.8 Å². The molecule has 0 aromatic heterocycles. The van der Waals surface area contributed by atoms with Gasteiger partial charge in [-0.25, -0.2) is 13.2 Å². The highest BCUT2D eigenvalue weighted by Crippen LogP contribution is 2.05. The number of carboxylic acids is 1. The third kappa shape index (κ3) is 7.78. The van der Waals surface area contributed by atoms with E-state index in [2.05, 4.69) is 5.32 Å². The van der Waals surface area contributed by atoms with Gasteiger partial charge in [-0.05, 0) is 11.5 Å². The van der Waals surface area contributed by atoms with Gasteiger partial charge >= 0.3 is 5.97 Å². The minimum Gasteiger partial charge on any atom is -0.480 e. The standard InChI is InChI=1S/C16H23NO5S/c1-12(2)11-23(21,22)9-8-15(18)17-14(16(19)20)10-13-6-4-3-5-7-13/h3-7,12,14H,8-11H2,1-2H3,(H,17,18)(H,19,20)/t14-/m0/s1. The molecule has 0 saturated heterocycles. The lowest BCUT2D eigenvalue weighted by Crippen LogP contribution is -2.42. The Bertz CT molecular complexity index is 625. The normalized spacial score (nSPS) is 12.8. The van der Waals surface area contributed by atoms with E-state index in [9.17, 15) is 23.1 Å². The zero-order valence-electron chi connectivity index (χ0n) is 13.4. The maximum atomic E-state index is 11.8. The quantitative estimate of drug-likeness (QED) is 0.704. The molecule has 6 nitrogen and oxygen atoms in total. The molecule has 7 heteroatoms. The van der Waals surface area contributed by atoms with Crippen molar-refractivity contribution in [1.82, 2.24) is 5.32 Å². The molecule has 23 heavy (non-hydrogen) atoms. The molecule has 0 heterocycles. The first kappa shape index (κ1) is 19.2. The van der Waals surface area contributed by atoms with Gasteiger partial charge in [0.2, 0.25) is 5.91 Å². The highest BCUT2D eigenvalue weighted by molar-refractivity contribution is 7.91. The molecule has 1 rings (SSSR count). The molecule has 0 aliphatic carbocycles. The van der Waals surface area contributed by atoms with Crippen LogP contribution in [0.1, 0.15) is 25.8 Å². The molecule has 0 fully saturated rings. The van der Waals surface area contributed by atoms with Crippen molar-refractivity contribution in [2.75, 3.05) is 11.5 Å². The predicted molar refractivity (Wildman–Crippen MR) is 87.8 cm³/mol. The zero-order valence-corrected chi connectivity index (χ0v) is 14.2. The van der Waals surface area contributed by atoms with Gasteiger partial charge in [-0.15, -0.1) is 0 Å². The third-order valence-electron chi connectivity index (χ3n) is 3.14. The van der Waals surface area contributed by atoms with E-state index in [0.29, 0.717) is 0 Å². The molecule has 1 atom stereocenters. The second-order valence-corrected chi connectivity index (χ2v) is 8.13. The summed E-state index contributed by atoms with van der Waals surface area (Å²) in [5.74, 6) is -1.97. The van der Waals surface area contributed by atoms with Crippen LogP contribution >= 0.6 is 0 Å². The van der Waals surface area contributed by atoms with Gasteiger partial charge in [0.25, 0.3) is 0 Å². The summed E-state index contributed by atoms with van der Waals surface area (Å²) >= 11 is 0. The van der Waals surface area contributed by atoms with E-state index in [4.69, 9.17) is 0 Å². The zero-order chi connectivity index (χ0) is 17.5. The average molecular weight is 341 g/mol. The van der Waals surface area contributed by atoms with Crippen molar-refractivity contribution < 1.29 is 23.1 Å². The maximum absolute atomic E-state index is 11.8. The minimum atomic E-state index is -3.30. The maximum Gasteiger partial charge on any atom is 0.326 e. The summed E-state index contributed by atoms with van der Waals surface area (Å²) in [5.41, 5.74) is 0.785. The Labute approximate surface area is 136 Å². The van der Waals surface area contributed by atoms with Crippen LogP contribution in [0.3, 0.4) is 0 Å². The topological polar surface area (TPSA) is 101 Å². The first-order valence-corrected chi connectivity index (χ1v) is 9.28. The van der Waals surface area contributed by atoms with Crippen molar-refractivity contribution in [2.45, 2.75) is 32.7 Å². The third-order valence-corrected chi connectivity index (χ3v) is 5.14. The van der Waals surface area contributed by atoms with Gasteiger partial charge in [-0.2, -0.15) is 0 Å². The molecule has 0 unspecified atom stereocenters. The molecule has 2 N–H and O–H groups in total. The van der Waals surface area contributed by atoms with Gasteiger partial charge in [-0.1, -0.05) is 44.2 Å². The molecule has 0 aliphatic heterocycles. The summed E-state index contributed by atoms with van der Waals surface area (Å²) < 4.78 is 23.5. The van der Waals surface area contributed by atoms with Crippen molar-refractivity contribution in [3.63, 3.8) is 0 Å². The SMILES string of the molecule is CC(C)CS(=O)(=O)CCC(=O)N[C@@H](Cc1ccccc1)C(=O)O. The lowest BCUT2D eigenvalue weighted by molar-refractivity contribution is -0.141. The lowest BCUT2D eigenvalue weighted by Gasteiger charge is -2.15. The highest BCUT2D eigenvalue weighted by Gasteiger charge is 2.22. The fourth-order valence-electron chi connectivity index (χ4n) is 2.16. The monoisotopic (exact) mass is 341 g/mol. The summed E-state index contributed by atoms with van der Waals surface area (Å²) in [4.78, 5) is 23.1. The van der Waals surface area contributed by atoms with Gasteiger partial charge in [0.05, 0.1) is 11.5 Å². The van der Waals surface area contributed by atoms with Crippen LogP contribution in [-0.4, -0.2) is 42.9 Å². The van der Waals surface area contributed by atoms with Crippen molar-refractivity contribution in [2.24, 2.45) is 5.92 Å². The molecule has 0 spiro atoms. The number of hydrogen-bond donors (Lipinski definition) is 2. The number of rotatable bonds is 9. The molecular weight excluding hydrogens is 318 g/mol. The van der Waals surface area contributed by atoms with Crippen molar-refractivity contribution in [1.29, 1.82) is 0 Å². The van der Waals surface area contributed by atoms with E-state index in [0.717, 1.165) is 5.56 Å². The first-order chi connectivity index (χ1) is 10.7. The molecule has 0 aliphatic rings. The molecule has 1 aromatic carbocycles. The summed E-state index contributed by atoms with van der Waals surface area (Å²) in [6, 6.07) is 7.86. The fraction of sp³-hybridized carbons (Fsp3) is 0.500. The van der Waals surface area contributed by atoms with Gasteiger partial charge < -0.3 is 10.4 Å². The number of sulfone groups is 1. The van der Waals surface area contributed by atoms with E-state index >= 15 is 0 Å². The van der Waals surface area contributed by atoms with Crippen LogP contribution in [-0.2, 0) is 25.8 Å². The number of carbonyl (C=O) groups excluding carboxylic acids is 1. The second kappa shape index (κ2) is 8.67. The number of amides is 1. The number of carbonyl (C=O) groups is 2. The summed E-state index contributed by atoms with van der Waals surface area (Å²) in [5, 5.41) is 11.6. The van der Waals surface area contributed by atoms with Crippen molar-refractivity contribution in [3.05, 3.63) is 35.9 Å². The van der Waals surface area contributed by atoms with E-state index < -0.39 is 27.8 Å². The Balaban J connectivity index is 2.57. The second-order valence-electron chi connectivity index (χ2n) is 5.91. The van der Waals surface area contributed by atoms with Crippen LogP contribution in [0.15, 0.2) is 30.3 Å². The first-order valence-electron chi connectivity index (χ1n) is 7.46. The minimum absolute atomic E-state index is 0.00656. The van der Waals surface area contributed by atoms with E-state index in [-0.39, 0.29) is 30.3 Å². The molecule has 1 aromatic rings. The van der Waals surface area contributed by atoms with Crippen molar-refractivity contribution >= 4 is 21.7 Å². The lowest BCUT2D eigenvalue weighted by atomic mass is 10.1. The molecule has 1 amide bonds. The van der Waals surface area contributed by atoms with Gasteiger partial charge in [0.1, 0.15) is 6.04 Å². The van der Waals surface area contributed by atoms with Crippen LogP contribution in [0.5, 0.6) is 0 Å². The number of nitrogens with one attached hydrogen (secondary N) is 1. The van der Waals surface area contributed by atoms with Gasteiger partial charge in [-0.3, -0.25) is 4.79 Å². The van der Waals surface area contributed by atoms with Crippen molar-refractivity contribution in [3.8, 4) is 0 Å². The largest absolute Gasteiger partial charge is 0.480 e.